The van der Waals surface area contributed by atoms with Crippen molar-refractivity contribution in [3.05, 3.63) is 112 Å². The third-order valence-electron chi connectivity index (χ3n) is 5.57. The maximum absolute atomic E-state index is 12.2. The molecule has 0 aliphatic heterocycles. The Morgan fingerprint density at radius 3 is 1.83 bits per heavy atom. The molecule has 4 rings (SSSR count). The third-order valence-corrected chi connectivity index (χ3v) is 5.57. The quantitative estimate of drug-likeness (QED) is 0.427. The fraction of sp³-hybridized carbons (Fsp3) is 0.185. The highest BCUT2D eigenvalue weighted by atomic mass is 16.1. The molecule has 3 heteroatoms. The van der Waals surface area contributed by atoms with Crippen LogP contribution < -0.4 is 5.56 Å². The maximum atomic E-state index is 12.2. The van der Waals surface area contributed by atoms with Gasteiger partial charge in [0.2, 0.25) is 0 Å². The van der Waals surface area contributed by atoms with Crippen LogP contribution in [0.4, 0.5) is 0 Å². The second-order valence-electron chi connectivity index (χ2n) is 8.01. The number of benzene rings is 3. The van der Waals surface area contributed by atoms with Gasteiger partial charge in [-0.2, -0.15) is 0 Å². The molecule has 0 amide bonds. The van der Waals surface area contributed by atoms with E-state index in [2.05, 4.69) is 74.3 Å². The highest BCUT2D eigenvalue weighted by molar-refractivity contribution is 5.64. The summed E-state index contributed by atoms with van der Waals surface area (Å²) in [5.74, 6) is 1.16. The first-order valence-corrected chi connectivity index (χ1v) is 10.4. The first kappa shape index (κ1) is 19.8. The normalized spacial score (nSPS) is 12.1. The van der Waals surface area contributed by atoms with Crippen LogP contribution >= 0.6 is 0 Å². The van der Waals surface area contributed by atoms with E-state index in [-0.39, 0.29) is 11.5 Å². The Morgan fingerprint density at radius 1 is 0.700 bits per heavy atom. The Bertz CT molecular complexity index is 1170. The van der Waals surface area contributed by atoms with Gasteiger partial charge in [-0.15, -0.1) is 0 Å². The van der Waals surface area contributed by atoms with Crippen molar-refractivity contribution in [2.24, 2.45) is 0 Å². The van der Waals surface area contributed by atoms with Crippen molar-refractivity contribution in [1.82, 2.24) is 9.97 Å². The molecule has 0 fully saturated rings. The van der Waals surface area contributed by atoms with Crippen molar-refractivity contribution in [2.45, 2.75) is 32.6 Å². The van der Waals surface area contributed by atoms with E-state index in [1.807, 2.05) is 30.3 Å². The first-order valence-electron chi connectivity index (χ1n) is 10.4. The van der Waals surface area contributed by atoms with Gasteiger partial charge >= 0.3 is 0 Å². The largest absolute Gasteiger partial charge is 0.307 e. The second kappa shape index (κ2) is 8.50. The lowest BCUT2D eigenvalue weighted by atomic mass is 9.94. The van der Waals surface area contributed by atoms with Gasteiger partial charge in [0.25, 0.3) is 5.56 Å². The number of aromatic amines is 1. The molecule has 3 aromatic carbocycles. The van der Waals surface area contributed by atoms with E-state index >= 15 is 0 Å². The third kappa shape index (κ3) is 4.25. The molecule has 3 nitrogen and oxygen atoms in total. The minimum absolute atomic E-state index is 0.0205. The van der Waals surface area contributed by atoms with Crippen molar-refractivity contribution >= 4 is 0 Å². The summed E-state index contributed by atoms with van der Waals surface area (Å²) in [7, 11) is 0. The van der Waals surface area contributed by atoms with E-state index in [0.717, 1.165) is 16.8 Å². The summed E-state index contributed by atoms with van der Waals surface area (Å²) in [5.41, 5.74) is 6.42. The zero-order chi connectivity index (χ0) is 21.1. The zero-order valence-electron chi connectivity index (χ0n) is 17.6. The Kier molecular flexibility index (Phi) is 5.62. The lowest BCUT2D eigenvalue weighted by molar-refractivity contribution is 0.857. The second-order valence-corrected chi connectivity index (χ2v) is 8.01. The van der Waals surface area contributed by atoms with Crippen LogP contribution in [0.25, 0.3) is 22.5 Å². The van der Waals surface area contributed by atoms with Crippen molar-refractivity contribution in [1.29, 1.82) is 0 Å². The number of nitrogens with one attached hydrogen (secondary N) is 1. The molecule has 30 heavy (non-hydrogen) atoms. The molecule has 1 atom stereocenters. The minimum atomic E-state index is -0.132. The monoisotopic (exact) mass is 394 g/mol. The molecule has 1 unspecified atom stereocenters. The molecule has 0 radical (unpaired) electrons. The van der Waals surface area contributed by atoms with E-state index < -0.39 is 0 Å². The van der Waals surface area contributed by atoms with Gasteiger partial charge in [0.1, 0.15) is 5.82 Å². The Balaban J connectivity index is 1.60. The van der Waals surface area contributed by atoms with Crippen molar-refractivity contribution < 1.29 is 0 Å². The van der Waals surface area contributed by atoms with E-state index in [1.54, 1.807) is 6.07 Å². The average molecular weight is 395 g/mol. The van der Waals surface area contributed by atoms with Gasteiger partial charge in [0.05, 0.1) is 5.69 Å². The summed E-state index contributed by atoms with van der Waals surface area (Å²) >= 11 is 0. The lowest BCUT2D eigenvalue weighted by Gasteiger charge is -2.14. The zero-order valence-corrected chi connectivity index (χ0v) is 17.6. The summed E-state index contributed by atoms with van der Waals surface area (Å²) in [5, 5.41) is 0. The lowest BCUT2D eigenvalue weighted by Crippen LogP contribution is -2.12. The summed E-state index contributed by atoms with van der Waals surface area (Å²) in [6.45, 7) is 6.50. The van der Waals surface area contributed by atoms with Crippen molar-refractivity contribution in [2.75, 3.05) is 0 Å². The number of nitrogens with zero attached hydrogens (tertiary/aromatic N) is 1. The van der Waals surface area contributed by atoms with Crippen LogP contribution in [0.2, 0.25) is 0 Å². The van der Waals surface area contributed by atoms with Crippen molar-refractivity contribution in [3.8, 4) is 22.5 Å². The molecule has 1 N–H and O–H groups in total. The van der Waals surface area contributed by atoms with Gasteiger partial charge in [-0.1, -0.05) is 99.6 Å². The van der Waals surface area contributed by atoms with E-state index in [0.29, 0.717) is 11.7 Å². The highest BCUT2D eigenvalue weighted by Crippen LogP contribution is 2.27. The van der Waals surface area contributed by atoms with Gasteiger partial charge in [-0.3, -0.25) is 4.79 Å². The average Bonchev–Trinajstić information content (AvgIpc) is 2.79. The van der Waals surface area contributed by atoms with Crippen LogP contribution in [0.3, 0.4) is 0 Å². The minimum Gasteiger partial charge on any atom is -0.307 e. The van der Waals surface area contributed by atoms with Crippen LogP contribution in [0.15, 0.2) is 89.7 Å². The highest BCUT2D eigenvalue weighted by Gasteiger charge is 2.13. The van der Waals surface area contributed by atoms with E-state index in [4.69, 9.17) is 4.98 Å². The molecule has 0 bridgehead atoms. The molecule has 1 heterocycles. The van der Waals surface area contributed by atoms with E-state index in [9.17, 15) is 4.79 Å². The first-order chi connectivity index (χ1) is 14.5. The van der Waals surface area contributed by atoms with E-state index in [1.165, 1.54) is 16.7 Å². The van der Waals surface area contributed by atoms with Gasteiger partial charge < -0.3 is 4.98 Å². The summed E-state index contributed by atoms with van der Waals surface area (Å²) in [6, 6.07) is 28.6. The fourth-order valence-corrected chi connectivity index (χ4v) is 3.63. The van der Waals surface area contributed by atoms with Gasteiger partial charge in [0, 0.05) is 17.5 Å². The molecule has 0 aliphatic rings. The topological polar surface area (TPSA) is 45.8 Å². The van der Waals surface area contributed by atoms with Gasteiger partial charge in [0.15, 0.2) is 0 Å². The molecule has 150 valence electrons. The molecule has 1 aromatic heterocycles. The standard InChI is InChI=1S/C27H26N2O/c1-18(2)20-9-13-22(14-10-20)23-15-11-21(12-16-23)19(3)25-17-26(30)29-27(28-25)24-7-5-4-6-8-24/h4-19H,1-3H3,(H,28,29,30). The predicted octanol–water partition coefficient (Wildman–Crippen LogP) is 6.38. The van der Waals surface area contributed by atoms with Crippen LogP contribution in [-0.2, 0) is 0 Å². The predicted molar refractivity (Wildman–Crippen MR) is 124 cm³/mol. The van der Waals surface area contributed by atoms with Crippen LogP contribution in [0.5, 0.6) is 0 Å². The van der Waals surface area contributed by atoms with Gasteiger partial charge in [-0.25, -0.2) is 4.98 Å². The number of hydrogen-bond acceptors (Lipinski definition) is 2. The van der Waals surface area contributed by atoms with Gasteiger partial charge in [-0.05, 0) is 28.2 Å². The molecule has 0 aliphatic carbocycles. The smallest absolute Gasteiger partial charge is 0.251 e. The Hall–Kier alpha value is -3.46. The molecule has 4 aromatic rings. The summed E-state index contributed by atoms with van der Waals surface area (Å²) in [6.07, 6.45) is 0. The summed E-state index contributed by atoms with van der Waals surface area (Å²) in [4.78, 5) is 19.8. The number of aromatic nitrogens is 2. The van der Waals surface area contributed by atoms with Crippen LogP contribution in [0, 0.1) is 0 Å². The molecule has 0 saturated heterocycles. The molecule has 0 saturated carbocycles. The molecular formula is C27H26N2O. The Morgan fingerprint density at radius 2 is 1.27 bits per heavy atom. The number of H-pyrrole nitrogens is 1. The summed E-state index contributed by atoms with van der Waals surface area (Å²) < 4.78 is 0. The SMILES string of the molecule is CC(C)c1ccc(-c2ccc(C(C)c3cc(=O)[nH]c(-c4ccccc4)n3)cc2)cc1. The van der Waals surface area contributed by atoms with Crippen molar-refractivity contribution in [3.63, 3.8) is 0 Å². The fourth-order valence-electron chi connectivity index (χ4n) is 3.63. The molecular weight excluding hydrogens is 368 g/mol. The Labute approximate surface area is 177 Å². The molecule has 0 spiro atoms. The maximum Gasteiger partial charge on any atom is 0.251 e. The van der Waals surface area contributed by atoms with Crippen LogP contribution in [0.1, 0.15) is 49.4 Å². The number of hydrogen-bond donors (Lipinski definition) is 1. The van der Waals surface area contributed by atoms with Crippen LogP contribution in [-0.4, -0.2) is 9.97 Å². The number of rotatable bonds is 5.